The number of carbonyl (C=O) groups is 1. The lowest BCUT2D eigenvalue weighted by molar-refractivity contribution is 0.0273. The van der Waals surface area contributed by atoms with E-state index in [4.69, 9.17) is 21.1 Å². The summed E-state index contributed by atoms with van der Waals surface area (Å²) in [6.07, 6.45) is 0.0625. The second-order valence-electron chi connectivity index (χ2n) is 8.62. The number of halogens is 2. The lowest BCUT2D eigenvalue weighted by Gasteiger charge is -2.24. The summed E-state index contributed by atoms with van der Waals surface area (Å²) in [5.74, 6) is -0.381. The molecular formula is C23H25ClFN3O3. The van der Waals surface area contributed by atoms with Crippen LogP contribution in [0.4, 0.5) is 9.18 Å². The number of benzene rings is 2. The van der Waals surface area contributed by atoms with E-state index in [-0.39, 0.29) is 24.6 Å². The molecule has 0 spiro atoms. The quantitative estimate of drug-likeness (QED) is 0.549. The Morgan fingerprint density at radius 3 is 2.74 bits per heavy atom. The summed E-state index contributed by atoms with van der Waals surface area (Å²) in [5.41, 5.74) is 1.38. The first-order chi connectivity index (χ1) is 14.7. The fourth-order valence-corrected chi connectivity index (χ4v) is 3.83. The van der Waals surface area contributed by atoms with Crippen LogP contribution in [0.15, 0.2) is 42.5 Å². The molecule has 1 amide bonds. The second-order valence-corrected chi connectivity index (χ2v) is 9.03. The number of amides is 1. The van der Waals surface area contributed by atoms with Crippen molar-refractivity contribution in [2.75, 3.05) is 13.1 Å². The molecule has 0 N–H and O–H groups in total. The molecule has 1 aliphatic rings. The van der Waals surface area contributed by atoms with Gasteiger partial charge in [-0.15, -0.1) is 0 Å². The van der Waals surface area contributed by atoms with Gasteiger partial charge in [0, 0.05) is 23.6 Å². The molecule has 0 radical (unpaired) electrons. The molecule has 0 unspecified atom stereocenters. The Morgan fingerprint density at radius 2 is 2.00 bits per heavy atom. The number of aromatic nitrogens is 2. The van der Waals surface area contributed by atoms with Crippen LogP contribution >= 0.6 is 11.6 Å². The van der Waals surface area contributed by atoms with Crippen molar-refractivity contribution in [1.82, 2.24) is 14.5 Å². The third-order valence-electron chi connectivity index (χ3n) is 5.07. The van der Waals surface area contributed by atoms with Gasteiger partial charge in [-0.25, -0.2) is 9.18 Å². The Bertz CT molecular complexity index is 1090. The zero-order valence-electron chi connectivity index (χ0n) is 17.8. The van der Waals surface area contributed by atoms with Gasteiger partial charge >= 0.3 is 6.09 Å². The summed E-state index contributed by atoms with van der Waals surface area (Å²) in [4.78, 5) is 18.6. The Labute approximate surface area is 185 Å². The predicted molar refractivity (Wildman–Crippen MR) is 117 cm³/mol. The smallest absolute Gasteiger partial charge is 0.410 e. The molecule has 2 heterocycles. The molecule has 164 valence electrons. The topological polar surface area (TPSA) is 56.6 Å². The fraction of sp³-hybridized carbons (Fsp3) is 0.391. The van der Waals surface area contributed by atoms with Gasteiger partial charge in [0.15, 0.2) is 0 Å². The average molecular weight is 446 g/mol. The maximum atomic E-state index is 14.4. The molecular weight excluding hydrogens is 421 g/mol. The number of hydrogen-bond donors (Lipinski definition) is 0. The van der Waals surface area contributed by atoms with Crippen LogP contribution < -0.4 is 4.74 Å². The number of para-hydroxylation sites is 2. The number of imidazole rings is 1. The van der Waals surface area contributed by atoms with Crippen LogP contribution in [0, 0.1) is 5.82 Å². The normalized spacial score (nSPS) is 16.7. The lowest BCUT2D eigenvalue weighted by Crippen LogP contribution is -2.36. The number of carbonyl (C=O) groups excluding carboxylic acids is 1. The molecule has 1 fully saturated rings. The summed E-state index contributed by atoms with van der Waals surface area (Å²) in [7, 11) is 0. The number of rotatable bonds is 4. The number of nitrogens with zero attached hydrogens (tertiary/aromatic N) is 3. The molecule has 1 atom stereocenters. The van der Waals surface area contributed by atoms with Crippen LogP contribution in [0.1, 0.15) is 32.8 Å². The van der Waals surface area contributed by atoms with Crippen molar-refractivity contribution in [3.63, 3.8) is 0 Å². The van der Waals surface area contributed by atoms with Gasteiger partial charge in [-0.1, -0.05) is 29.8 Å². The Kier molecular flexibility index (Phi) is 5.79. The van der Waals surface area contributed by atoms with E-state index in [9.17, 15) is 9.18 Å². The van der Waals surface area contributed by atoms with Gasteiger partial charge in [-0.2, -0.15) is 4.98 Å². The monoisotopic (exact) mass is 445 g/mol. The minimum Gasteiger partial charge on any atom is -0.459 e. The van der Waals surface area contributed by atoms with Crippen molar-refractivity contribution in [3.8, 4) is 6.01 Å². The van der Waals surface area contributed by atoms with E-state index in [0.29, 0.717) is 36.1 Å². The molecule has 6 nitrogen and oxygen atoms in total. The van der Waals surface area contributed by atoms with E-state index in [1.54, 1.807) is 17.0 Å². The van der Waals surface area contributed by atoms with Gasteiger partial charge in [0.05, 0.1) is 24.1 Å². The summed E-state index contributed by atoms with van der Waals surface area (Å²) in [6, 6.07) is 12.6. The average Bonchev–Trinajstić information content (AvgIpc) is 3.29. The molecule has 4 rings (SSSR count). The van der Waals surface area contributed by atoms with Gasteiger partial charge in [0.25, 0.3) is 6.01 Å². The highest BCUT2D eigenvalue weighted by molar-refractivity contribution is 6.31. The molecule has 0 saturated carbocycles. The Hall–Kier alpha value is -2.80. The maximum absolute atomic E-state index is 14.4. The van der Waals surface area contributed by atoms with Crippen LogP contribution in [0.2, 0.25) is 5.02 Å². The number of likely N-dealkylation sites (tertiary alicyclic amines) is 1. The third kappa shape index (κ3) is 4.77. The summed E-state index contributed by atoms with van der Waals surface area (Å²) >= 11 is 6.25. The van der Waals surface area contributed by atoms with Crippen LogP contribution in [-0.4, -0.2) is 45.3 Å². The van der Waals surface area contributed by atoms with Crippen molar-refractivity contribution in [1.29, 1.82) is 0 Å². The summed E-state index contributed by atoms with van der Waals surface area (Å²) in [5, 5.41) is 0.348. The van der Waals surface area contributed by atoms with E-state index in [0.717, 1.165) is 11.0 Å². The zero-order valence-corrected chi connectivity index (χ0v) is 18.5. The van der Waals surface area contributed by atoms with Gasteiger partial charge in [-0.3, -0.25) is 4.57 Å². The second kappa shape index (κ2) is 8.38. The lowest BCUT2D eigenvalue weighted by atomic mass is 10.2. The highest BCUT2D eigenvalue weighted by Crippen LogP contribution is 2.28. The molecule has 1 aliphatic heterocycles. The standard InChI is InChI=1S/C23H25ClFN3O3/c1-23(2,3)31-22(29)27-12-11-15(13-27)30-21-26-19-9-4-5-10-20(19)28(21)14-16-17(24)7-6-8-18(16)25/h4-10,15H,11-14H2,1-3H3/t15-/m0/s1. The number of hydrogen-bond acceptors (Lipinski definition) is 4. The highest BCUT2D eigenvalue weighted by Gasteiger charge is 2.32. The van der Waals surface area contributed by atoms with Crippen molar-refractivity contribution in [2.24, 2.45) is 0 Å². The molecule has 1 aromatic heterocycles. The van der Waals surface area contributed by atoms with Gasteiger partial charge in [0.2, 0.25) is 0 Å². The van der Waals surface area contributed by atoms with Crippen LogP contribution in [0.5, 0.6) is 6.01 Å². The van der Waals surface area contributed by atoms with Crippen LogP contribution in [-0.2, 0) is 11.3 Å². The number of fused-ring (bicyclic) bond motifs is 1. The largest absolute Gasteiger partial charge is 0.459 e. The molecule has 3 aromatic rings. The predicted octanol–water partition coefficient (Wildman–Crippen LogP) is 5.27. The van der Waals surface area contributed by atoms with E-state index in [1.165, 1.54) is 6.07 Å². The van der Waals surface area contributed by atoms with Gasteiger partial charge in [0.1, 0.15) is 17.5 Å². The molecule has 0 bridgehead atoms. The van der Waals surface area contributed by atoms with Crippen molar-refractivity contribution in [2.45, 2.75) is 45.4 Å². The first kappa shape index (κ1) is 21.4. The molecule has 1 saturated heterocycles. The molecule has 2 aromatic carbocycles. The van der Waals surface area contributed by atoms with E-state index >= 15 is 0 Å². The third-order valence-corrected chi connectivity index (χ3v) is 5.42. The van der Waals surface area contributed by atoms with E-state index in [1.807, 2.05) is 49.6 Å². The van der Waals surface area contributed by atoms with Crippen molar-refractivity contribution < 1.29 is 18.7 Å². The minimum atomic E-state index is -0.553. The Balaban J connectivity index is 1.57. The molecule has 0 aliphatic carbocycles. The summed E-state index contributed by atoms with van der Waals surface area (Å²) in [6.45, 7) is 6.64. The highest BCUT2D eigenvalue weighted by atomic mass is 35.5. The Morgan fingerprint density at radius 1 is 1.23 bits per heavy atom. The SMILES string of the molecule is CC(C)(C)OC(=O)N1CC[C@H](Oc2nc3ccccc3n2Cc2c(F)cccc2Cl)C1. The fourth-order valence-electron chi connectivity index (χ4n) is 3.60. The minimum absolute atomic E-state index is 0.184. The first-order valence-electron chi connectivity index (χ1n) is 10.2. The first-order valence-corrected chi connectivity index (χ1v) is 10.6. The van der Waals surface area contributed by atoms with Crippen molar-refractivity contribution in [3.05, 3.63) is 58.9 Å². The maximum Gasteiger partial charge on any atom is 0.410 e. The van der Waals surface area contributed by atoms with Gasteiger partial charge in [-0.05, 0) is 45.0 Å². The zero-order chi connectivity index (χ0) is 22.2. The van der Waals surface area contributed by atoms with Gasteiger partial charge < -0.3 is 14.4 Å². The number of ether oxygens (including phenoxy) is 2. The van der Waals surface area contributed by atoms with E-state index in [2.05, 4.69) is 4.98 Å². The van der Waals surface area contributed by atoms with Crippen LogP contribution in [0.25, 0.3) is 11.0 Å². The van der Waals surface area contributed by atoms with E-state index < -0.39 is 5.60 Å². The molecule has 8 heteroatoms. The summed E-state index contributed by atoms with van der Waals surface area (Å²) < 4.78 is 27.9. The van der Waals surface area contributed by atoms with Crippen LogP contribution in [0.3, 0.4) is 0 Å². The molecule has 31 heavy (non-hydrogen) atoms. The van der Waals surface area contributed by atoms with Crippen molar-refractivity contribution >= 4 is 28.7 Å².